The molecule has 1 aliphatic rings. The van der Waals surface area contributed by atoms with E-state index in [0.29, 0.717) is 42.6 Å². The van der Waals surface area contributed by atoms with Crippen molar-refractivity contribution in [3.63, 3.8) is 0 Å². The summed E-state index contributed by atoms with van der Waals surface area (Å²) >= 11 is 0. The molecule has 1 unspecified atom stereocenters. The number of sulfonamides is 1. The van der Waals surface area contributed by atoms with Crippen molar-refractivity contribution in [1.82, 2.24) is 14.9 Å². The lowest BCUT2D eigenvalue weighted by molar-refractivity contribution is -0.128. The van der Waals surface area contributed by atoms with Gasteiger partial charge in [-0.15, -0.1) is 0 Å². The van der Waals surface area contributed by atoms with Gasteiger partial charge in [-0.25, -0.2) is 8.42 Å². The fraction of sp³-hybridized carbons (Fsp3) is 0.333. The van der Waals surface area contributed by atoms with E-state index in [9.17, 15) is 18.0 Å². The molecule has 1 fully saturated rings. The maximum Gasteiger partial charge on any atom is 0.243 e. The van der Waals surface area contributed by atoms with Crippen LogP contribution in [0, 0.1) is 6.92 Å². The van der Waals surface area contributed by atoms with Gasteiger partial charge in [0.15, 0.2) is 0 Å². The van der Waals surface area contributed by atoms with Gasteiger partial charge in [0.1, 0.15) is 6.04 Å². The molecule has 1 aliphatic heterocycles. The first-order valence-corrected chi connectivity index (χ1v) is 13.3. The van der Waals surface area contributed by atoms with E-state index >= 15 is 0 Å². The molecule has 35 heavy (non-hydrogen) atoms. The molecule has 3 aromatic carbocycles. The molecule has 1 heterocycles. The largest absolute Gasteiger partial charge is 0.351 e. The molecule has 0 radical (unpaired) electrons. The number of nitrogens with one attached hydrogen (secondary N) is 2. The average Bonchev–Trinajstić information content (AvgIpc) is 2.84. The molecular formula is C27H31N3O4S. The molecule has 3 aromatic rings. The van der Waals surface area contributed by atoms with Crippen LogP contribution in [-0.2, 0) is 26.0 Å². The van der Waals surface area contributed by atoms with Crippen molar-refractivity contribution < 1.29 is 18.0 Å². The highest BCUT2D eigenvalue weighted by Crippen LogP contribution is 2.27. The lowest BCUT2D eigenvalue weighted by atomic mass is 10.0. The van der Waals surface area contributed by atoms with Crippen molar-refractivity contribution in [2.75, 3.05) is 13.1 Å². The molecule has 0 aromatic heterocycles. The highest BCUT2D eigenvalue weighted by atomic mass is 32.2. The predicted molar refractivity (Wildman–Crippen MR) is 136 cm³/mol. The van der Waals surface area contributed by atoms with Crippen LogP contribution in [0.1, 0.15) is 30.9 Å². The van der Waals surface area contributed by atoms with Gasteiger partial charge in [0.05, 0.1) is 4.90 Å². The molecule has 2 amide bonds. The molecule has 0 bridgehead atoms. The van der Waals surface area contributed by atoms with E-state index in [-0.39, 0.29) is 17.9 Å². The summed E-state index contributed by atoms with van der Waals surface area (Å²) in [7, 11) is -3.65. The zero-order valence-corrected chi connectivity index (χ0v) is 20.8. The SMILES string of the molecule is CC(=O)NC(Cc1ccc(C)cc1)C(=O)NC1CCN(S(=O)(=O)c2cccc3ccccc23)CC1. The number of piperidine rings is 1. The second kappa shape index (κ2) is 10.6. The van der Waals surface area contributed by atoms with Crippen LogP contribution in [0.2, 0.25) is 0 Å². The standard InChI is InChI=1S/C27H31N3O4S/c1-19-10-12-21(13-11-19)18-25(28-20(2)31)27(32)29-23-14-16-30(17-15-23)35(33,34)26-9-5-7-22-6-3-4-8-24(22)26/h3-13,23,25H,14-18H2,1-2H3,(H,28,31)(H,29,32). The van der Waals surface area contributed by atoms with Gasteiger partial charge >= 0.3 is 0 Å². The summed E-state index contributed by atoms with van der Waals surface area (Å²) < 4.78 is 28.3. The summed E-state index contributed by atoms with van der Waals surface area (Å²) in [6.45, 7) is 4.03. The normalized spacial score (nSPS) is 16.1. The monoisotopic (exact) mass is 493 g/mol. The maximum atomic E-state index is 13.4. The molecular weight excluding hydrogens is 462 g/mol. The van der Waals surface area contributed by atoms with Crippen molar-refractivity contribution in [2.24, 2.45) is 0 Å². The third-order valence-corrected chi connectivity index (χ3v) is 8.38. The number of carbonyl (C=O) groups is 2. The van der Waals surface area contributed by atoms with E-state index in [4.69, 9.17) is 0 Å². The zero-order chi connectivity index (χ0) is 25.0. The number of rotatable bonds is 7. The molecule has 2 N–H and O–H groups in total. The second-order valence-electron chi connectivity index (χ2n) is 9.11. The molecule has 0 aliphatic carbocycles. The van der Waals surface area contributed by atoms with Crippen molar-refractivity contribution in [2.45, 2.75) is 50.1 Å². The quantitative estimate of drug-likeness (QED) is 0.529. The number of hydrogen-bond acceptors (Lipinski definition) is 4. The van der Waals surface area contributed by atoms with E-state index < -0.39 is 16.1 Å². The number of nitrogens with zero attached hydrogens (tertiary/aromatic N) is 1. The first-order valence-electron chi connectivity index (χ1n) is 11.8. The Balaban J connectivity index is 1.40. The minimum Gasteiger partial charge on any atom is -0.351 e. The summed E-state index contributed by atoms with van der Waals surface area (Å²) in [5.41, 5.74) is 2.08. The molecule has 1 atom stereocenters. The van der Waals surface area contributed by atoms with E-state index in [2.05, 4.69) is 10.6 Å². The van der Waals surface area contributed by atoms with Gasteiger partial charge < -0.3 is 10.6 Å². The topological polar surface area (TPSA) is 95.6 Å². The summed E-state index contributed by atoms with van der Waals surface area (Å²) in [4.78, 5) is 25.0. The van der Waals surface area contributed by atoms with Crippen LogP contribution in [0.25, 0.3) is 10.8 Å². The van der Waals surface area contributed by atoms with Gasteiger partial charge in [-0.1, -0.05) is 66.2 Å². The highest BCUT2D eigenvalue weighted by Gasteiger charge is 2.32. The van der Waals surface area contributed by atoms with Crippen LogP contribution in [0.4, 0.5) is 0 Å². The number of carbonyl (C=O) groups excluding carboxylic acids is 2. The van der Waals surface area contributed by atoms with Gasteiger partial charge in [0.2, 0.25) is 21.8 Å². The third-order valence-electron chi connectivity index (χ3n) is 6.42. The minimum absolute atomic E-state index is 0.157. The van der Waals surface area contributed by atoms with Crippen LogP contribution in [0.15, 0.2) is 71.6 Å². The molecule has 4 rings (SSSR count). The summed E-state index contributed by atoms with van der Waals surface area (Å²) in [6, 6.07) is 19.8. The van der Waals surface area contributed by atoms with Crippen molar-refractivity contribution in [1.29, 1.82) is 0 Å². The van der Waals surface area contributed by atoms with Crippen molar-refractivity contribution in [3.05, 3.63) is 77.9 Å². The fourth-order valence-electron chi connectivity index (χ4n) is 4.52. The van der Waals surface area contributed by atoms with Gasteiger partial charge in [-0.2, -0.15) is 4.31 Å². The smallest absolute Gasteiger partial charge is 0.243 e. The van der Waals surface area contributed by atoms with Crippen LogP contribution < -0.4 is 10.6 Å². The lowest BCUT2D eigenvalue weighted by Crippen LogP contribution is -2.53. The average molecular weight is 494 g/mol. The Morgan fingerprint density at radius 2 is 1.63 bits per heavy atom. The van der Waals surface area contributed by atoms with Crippen LogP contribution in [-0.4, -0.2) is 49.7 Å². The first-order chi connectivity index (χ1) is 16.7. The number of hydrogen-bond donors (Lipinski definition) is 2. The van der Waals surface area contributed by atoms with Crippen molar-refractivity contribution in [3.8, 4) is 0 Å². The first kappa shape index (κ1) is 24.9. The Bertz CT molecular complexity index is 1310. The fourth-order valence-corrected chi connectivity index (χ4v) is 6.20. The highest BCUT2D eigenvalue weighted by molar-refractivity contribution is 7.89. The summed E-state index contributed by atoms with van der Waals surface area (Å²) in [5, 5.41) is 7.36. The molecule has 7 nitrogen and oxygen atoms in total. The number of aryl methyl sites for hydroxylation is 1. The van der Waals surface area contributed by atoms with E-state index in [1.807, 2.05) is 61.5 Å². The Kier molecular flexibility index (Phi) is 7.52. The second-order valence-corrected chi connectivity index (χ2v) is 11.0. The lowest BCUT2D eigenvalue weighted by Gasteiger charge is -2.32. The predicted octanol–water partition coefficient (Wildman–Crippen LogP) is 3.16. The van der Waals surface area contributed by atoms with Gasteiger partial charge in [-0.05, 0) is 36.8 Å². The zero-order valence-electron chi connectivity index (χ0n) is 20.0. The van der Waals surface area contributed by atoms with Crippen molar-refractivity contribution >= 4 is 32.6 Å². The Hall–Kier alpha value is -3.23. The van der Waals surface area contributed by atoms with Gasteiger partial charge in [-0.3, -0.25) is 9.59 Å². The molecule has 8 heteroatoms. The minimum atomic E-state index is -3.65. The maximum absolute atomic E-state index is 13.4. The Labute approximate surface area is 206 Å². The summed E-state index contributed by atoms with van der Waals surface area (Å²) in [6.07, 6.45) is 1.40. The Morgan fingerprint density at radius 3 is 2.31 bits per heavy atom. The van der Waals surface area contributed by atoms with Crippen LogP contribution in [0.3, 0.4) is 0 Å². The molecule has 0 spiro atoms. The summed E-state index contributed by atoms with van der Waals surface area (Å²) in [5.74, 6) is -0.524. The van der Waals surface area contributed by atoms with Gasteiger partial charge in [0.25, 0.3) is 0 Å². The Morgan fingerprint density at radius 1 is 0.971 bits per heavy atom. The van der Waals surface area contributed by atoms with Crippen LogP contribution in [0.5, 0.6) is 0 Å². The molecule has 184 valence electrons. The van der Waals surface area contributed by atoms with E-state index in [1.165, 1.54) is 11.2 Å². The number of fused-ring (bicyclic) bond motifs is 1. The molecule has 1 saturated heterocycles. The number of amides is 2. The molecule has 0 saturated carbocycles. The third kappa shape index (κ3) is 5.89. The van der Waals surface area contributed by atoms with E-state index in [1.54, 1.807) is 12.1 Å². The number of benzene rings is 3. The van der Waals surface area contributed by atoms with Gasteiger partial charge in [0, 0.05) is 37.9 Å². The van der Waals surface area contributed by atoms with E-state index in [0.717, 1.165) is 16.5 Å². The van der Waals surface area contributed by atoms with Crippen LogP contribution >= 0.6 is 0 Å².